The number of rotatable bonds is 4. The molecule has 0 unspecified atom stereocenters. The predicted molar refractivity (Wildman–Crippen MR) is 90.1 cm³/mol. The summed E-state index contributed by atoms with van der Waals surface area (Å²) in [5.74, 6) is 0.360. The van der Waals surface area contributed by atoms with E-state index in [0.717, 1.165) is 24.2 Å². The molecule has 2 N–H and O–H groups in total. The summed E-state index contributed by atoms with van der Waals surface area (Å²) in [6.07, 6.45) is 2.02. The number of anilines is 1. The number of benzene rings is 2. The van der Waals surface area contributed by atoms with Crippen LogP contribution in [0.3, 0.4) is 0 Å². The van der Waals surface area contributed by atoms with E-state index in [1.54, 1.807) is 24.3 Å². The van der Waals surface area contributed by atoms with Gasteiger partial charge in [0.1, 0.15) is 5.75 Å². The monoisotopic (exact) mass is 322 g/mol. The molecule has 1 heterocycles. The zero-order valence-electron chi connectivity index (χ0n) is 13.1. The lowest BCUT2D eigenvalue weighted by atomic mass is 10.1. The number of nitrogens with one attached hydrogen (secondary N) is 2. The van der Waals surface area contributed by atoms with E-state index in [9.17, 15) is 9.59 Å². The van der Waals surface area contributed by atoms with Gasteiger partial charge in [0.25, 0.3) is 11.8 Å². The number of carbonyl (C=O) groups is 2. The van der Waals surface area contributed by atoms with Crippen LogP contribution in [0.4, 0.5) is 5.69 Å². The van der Waals surface area contributed by atoms with Gasteiger partial charge in [-0.1, -0.05) is 30.3 Å². The highest BCUT2D eigenvalue weighted by molar-refractivity contribution is 6.05. The van der Waals surface area contributed by atoms with E-state index in [0.29, 0.717) is 17.7 Å². The highest BCUT2D eigenvalue weighted by atomic mass is 16.5. The molecule has 2 aliphatic rings. The molecule has 1 saturated carbocycles. The minimum atomic E-state index is -0.568. The number of fused-ring (bicyclic) bond motifs is 1. The minimum absolute atomic E-state index is 0.149. The van der Waals surface area contributed by atoms with Gasteiger partial charge in [-0.05, 0) is 36.6 Å². The highest BCUT2D eigenvalue weighted by Gasteiger charge is 2.30. The van der Waals surface area contributed by atoms with Crippen molar-refractivity contribution in [3.8, 4) is 5.75 Å². The van der Waals surface area contributed by atoms with Gasteiger partial charge in [0.05, 0.1) is 11.3 Å². The third-order valence-electron chi connectivity index (χ3n) is 4.28. The number of amides is 2. The molecule has 0 aromatic heterocycles. The maximum atomic E-state index is 12.5. The average Bonchev–Trinajstić information content (AvgIpc) is 3.29. The summed E-state index contributed by atoms with van der Waals surface area (Å²) in [6.45, 7) is 0. The Bertz CT molecular complexity index is 774. The third-order valence-corrected chi connectivity index (χ3v) is 4.28. The van der Waals surface area contributed by atoms with Crippen LogP contribution < -0.4 is 15.4 Å². The fraction of sp³-hybridized carbons (Fsp3) is 0.263. The van der Waals surface area contributed by atoms with E-state index in [-0.39, 0.29) is 17.9 Å². The molecular weight excluding hydrogens is 304 g/mol. The molecule has 0 saturated heterocycles. The van der Waals surface area contributed by atoms with Crippen molar-refractivity contribution in [1.82, 2.24) is 5.32 Å². The van der Waals surface area contributed by atoms with Crippen LogP contribution >= 0.6 is 0 Å². The fourth-order valence-corrected chi connectivity index (χ4v) is 2.82. The highest BCUT2D eigenvalue weighted by Crippen LogP contribution is 2.29. The molecule has 1 fully saturated rings. The van der Waals surface area contributed by atoms with Crippen LogP contribution in [0.5, 0.6) is 5.75 Å². The van der Waals surface area contributed by atoms with Gasteiger partial charge in [0.15, 0.2) is 6.10 Å². The van der Waals surface area contributed by atoms with E-state index in [1.807, 2.05) is 24.3 Å². The van der Waals surface area contributed by atoms with E-state index >= 15 is 0 Å². The number of hydrogen-bond donors (Lipinski definition) is 2. The predicted octanol–water partition coefficient (Wildman–Crippen LogP) is 2.52. The van der Waals surface area contributed by atoms with Gasteiger partial charge in [-0.2, -0.15) is 0 Å². The molecular formula is C19H18N2O3. The SMILES string of the molecule is O=C(NC1CC1)c1ccccc1NC(=O)[C@H]1Cc2ccccc2O1. The summed E-state index contributed by atoms with van der Waals surface area (Å²) in [7, 11) is 0. The molecule has 4 rings (SSSR count). The molecule has 122 valence electrons. The molecule has 5 heteroatoms. The van der Waals surface area contributed by atoms with Gasteiger partial charge in [0, 0.05) is 12.5 Å². The first-order valence-corrected chi connectivity index (χ1v) is 8.16. The Balaban J connectivity index is 1.47. The van der Waals surface area contributed by atoms with E-state index in [4.69, 9.17) is 4.74 Å². The molecule has 5 nitrogen and oxygen atoms in total. The second-order valence-corrected chi connectivity index (χ2v) is 6.20. The molecule has 0 spiro atoms. The van der Waals surface area contributed by atoms with Gasteiger partial charge in [-0.3, -0.25) is 9.59 Å². The fourth-order valence-electron chi connectivity index (χ4n) is 2.82. The van der Waals surface area contributed by atoms with Crippen LogP contribution in [0.15, 0.2) is 48.5 Å². The first-order valence-electron chi connectivity index (χ1n) is 8.16. The van der Waals surface area contributed by atoms with Crippen LogP contribution in [0, 0.1) is 0 Å². The van der Waals surface area contributed by atoms with Gasteiger partial charge < -0.3 is 15.4 Å². The lowest BCUT2D eigenvalue weighted by molar-refractivity contribution is -0.122. The van der Waals surface area contributed by atoms with Crippen LogP contribution in [0.1, 0.15) is 28.8 Å². The summed E-state index contributed by atoms with van der Waals surface area (Å²) in [5.41, 5.74) is 2.02. The second kappa shape index (κ2) is 6.00. The zero-order chi connectivity index (χ0) is 16.5. The molecule has 2 amide bonds. The number of carbonyl (C=O) groups excluding carboxylic acids is 2. The topological polar surface area (TPSA) is 67.4 Å². The summed E-state index contributed by atoms with van der Waals surface area (Å²) < 4.78 is 5.70. The van der Waals surface area contributed by atoms with Gasteiger partial charge >= 0.3 is 0 Å². The standard InChI is InChI=1S/C19H18N2O3/c22-18(20-13-9-10-13)14-6-2-3-7-15(14)21-19(23)17-11-12-5-1-4-8-16(12)24-17/h1-8,13,17H,9-11H2,(H,20,22)(H,21,23)/t17-/m1/s1. The smallest absolute Gasteiger partial charge is 0.265 e. The Morgan fingerprint density at radius 1 is 1.00 bits per heavy atom. The molecule has 24 heavy (non-hydrogen) atoms. The Morgan fingerprint density at radius 3 is 2.54 bits per heavy atom. The van der Waals surface area contributed by atoms with Crippen LogP contribution in [0.2, 0.25) is 0 Å². The zero-order valence-corrected chi connectivity index (χ0v) is 13.1. The largest absolute Gasteiger partial charge is 0.480 e. The molecule has 2 aromatic rings. The maximum Gasteiger partial charge on any atom is 0.265 e. The minimum Gasteiger partial charge on any atom is -0.480 e. The van der Waals surface area contributed by atoms with Crippen LogP contribution in [-0.4, -0.2) is 24.0 Å². The normalized spacial score (nSPS) is 18.4. The van der Waals surface area contributed by atoms with Gasteiger partial charge in [-0.25, -0.2) is 0 Å². The number of ether oxygens (including phenoxy) is 1. The first kappa shape index (κ1) is 14.8. The van der Waals surface area contributed by atoms with Crippen molar-refractivity contribution in [2.45, 2.75) is 31.4 Å². The second-order valence-electron chi connectivity index (χ2n) is 6.20. The summed E-state index contributed by atoms with van der Waals surface area (Å²) in [5, 5.41) is 5.78. The summed E-state index contributed by atoms with van der Waals surface area (Å²) >= 11 is 0. The van der Waals surface area contributed by atoms with Crippen molar-refractivity contribution >= 4 is 17.5 Å². The van der Waals surface area contributed by atoms with Crippen molar-refractivity contribution in [2.24, 2.45) is 0 Å². The van der Waals surface area contributed by atoms with E-state index in [1.165, 1.54) is 0 Å². The van der Waals surface area contributed by atoms with E-state index < -0.39 is 6.10 Å². The Morgan fingerprint density at radius 2 is 1.75 bits per heavy atom. The van der Waals surface area contributed by atoms with Crippen molar-refractivity contribution in [3.63, 3.8) is 0 Å². The summed E-state index contributed by atoms with van der Waals surface area (Å²) in [4.78, 5) is 24.8. The van der Waals surface area contributed by atoms with Crippen molar-refractivity contribution in [2.75, 3.05) is 5.32 Å². The van der Waals surface area contributed by atoms with Crippen molar-refractivity contribution in [3.05, 3.63) is 59.7 Å². The first-order chi connectivity index (χ1) is 11.7. The molecule has 2 aromatic carbocycles. The summed E-state index contributed by atoms with van der Waals surface area (Å²) in [6, 6.07) is 15.0. The molecule has 0 radical (unpaired) electrons. The molecule has 0 bridgehead atoms. The van der Waals surface area contributed by atoms with Gasteiger partial charge in [0.2, 0.25) is 0 Å². The Hall–Kier alpha value is -2.82. The quantitative estimate of drug-likeness (QED) is 0.909. The Kier molecular flexibility index (Phi) is 3.69. The van der Waals surface area contributed by atoms with Crippen LogP contribution in [-0.2, 0) is 11.2 Å². The maximum absolute atomic E-state index is 12.5. The molecule has 1 aliphatic carbocycles. The van der Waals surface area contributed by atoms with Gasteiger partial charge in [-0.15, -0.1) is 0 Å². The van der Waals surface area contributed by atoms with Crippen LogP contribution in [0.25, 0.3) is 0 Å². The van der Waals surface area contributed by atoms with Crippen molar-refractivity contribution in [1.29, 1.82) is 0 Å². The third kappa shape index (κ3) is 2.97. The van der Waals surface area contributed by atoms with E-state index in [2.05, 4.69) is 10.6 Å². The Labute approximate surface area is 140 Å². The van der Waals surface area contributed by atoms with Crippen molar-refractivity contribution < 1.29 is 14.3 Å². The lowest BCUT2D eigenvalue weighted by Crippen LogP contribution is -2.33. The number of hydrogen-bond acceptors (Lipinski definition) is 3. The number of para-hydroxylation sites is 2. The molecule has 1 atom stereocenters. The average molecular weight is 322 g/mol. The lowest BCUT2D eigenvalue weighted by Gasteiger charge is -2.14. The molecule has 1 aliphatic heterocycles.